The van der Waals surface area contributed by atoms with Crippen molar-refractivity contribution in [1.82, 2.24) is 4.57 Å². The van der Waals surface area contributed by atoms with Gasteiger partial charge in [0.1, 0.15) is 0 Å². The van der Waals surface area contributed by atoms with Crippen molar-refractivity contribution < 1.29 is 0 Å². The van der Waals surface area contributed by atoms with Gasteiger partial charge in [-0.05, 0) is 56.3 Å². The van der Waals surface area contributed by atoms with Crippen LogP contribution in [0.15, 0.2) is 30.5 Å². The van der Waals surface area contributed by atoms with Crippen LogP contribution in [0.2, 0.25) is 0 Å². The Bertz CT molecular complexity index is 509. The minimum atomic E-state index is 0.747. The lowest BCUT2D eigenvalue weighted by Gasteiger charge is -2.28. The molecule has 0 saturated heterocycles. The summed E-state index contributed by atoms with van der Waals surface area (Å²) in [5.41, 5.74) is 8.46. The molecule has 3 rings (SSSR count). The van der Waals surface area contributed by atoms with Crippen LogP contribution in [0.4, 0.5) is 0 Å². The fourth-order valence-corrected chi connectivity index (χ4v) is 2.75. The predicted octanol–water partition coefficient (Wildman–Crippen LogP) is 3.26. The van der Waals surface area contributed by atoms with Gasteiger partial charge in [-0.3, -0.25) is 0 Å². The number of hydrogen-bond acceptors (Lipinski definition) is 1. The zero-order valence-corrected chi connectivity index (χ0v) is 10.2. The highest BCUT2D eigenvalue weighted by Crippen LogP contribution is 2.35. The summed E-state index contributed by atoms with van der Waals surface area (Å²) in [4.78, 5) is 0. The Hall–Kier alpha value is -1.28. The Morgan fingerprint density at radius 2 is 2.12 bits per heavy atom. The Kier molecular flexibility index (Phi) is 2.89. The van der Waals surface area contributed by atoms with Crippen LogP contribution in [0.25, 0.3) is 10.9 Å². The third-order valence-corrected chi connectivity index (χ3v) is 3.97. The van der Waals surface area contributed by atoms with Gasteiger partial charge in [0, 0.05) is 23.1 Å². The molecule has 90 valence electrons. The molecule has 0 amide bonds. The smallest absolute Gasteiger partial charge is 0.0485 e. The van der Waals surface area contributed by atoms with E-state index in [0.717, 1.165) is 25.4 Å². The first-order chi connectivity index (χ1) is 8.40. The SMILES string of the molecule is NCCCc1cccc2c1ccn2C1CCC1. The van der Waals surface area contributed by atoms with Crippen LogP contribution >= 0.6 is 0 Å². The van der Waals surface area contributed by atoms with E-state index in [9.17, 15) is 0 Å². The second-order valence-electron chi connectivity index (χ2n) is 5.05. The van der Waals surface area contributed by atoms with E-state index >= 15 is 0 Å². The monoisotopic (exact) mass is 228 g/mol. The first kappa shape index (κ1) is 10.8. The summed E-state index contributed by atoms with van der Waals surface area (Å²) in [6.07, 6.45) is 8.52. The van der Waals surface area contributed by atoms with Crippen molar-refractivity contribution in [2.45, 2.75) is 38.1 Å². The van der Waals surface area contributed by atoms with Crippen molar-refractivity contribution in [1.29, 1.82) is 0 Å². The summed E-state index contributed by atoms with van der Waals surface area (Å²) in [5.74, 6) is 0. The van der Waals surface area contributed by atoms with Gasteiger partial charge in [0.2, 0.25) is 0 Å². The van der Waals surface area contributed by atoms with Crippen molar-refractivity contribution in [3.05, 3.63) is 36.0 Å². The minimum absolute atomic E-state index is 0.747. The van der Waals surface area contributed by atoms with Gasteiger partial charge < -0.3 is 10.3 Å². The molecule has 0 atom stereocenters. The number of rotatable bonds is 4. The topological polar surface area (TPSA) is 30.9 Å². The van der Waals surface area contributed by atoms with E-state index in [0.29, 0.717) is 0 Å². The highest BCUT2D eigenvalue weighted by Gasteiger charge is 2.20. The van der Waals surface area contributed by atoms with Gasteiger partial charge >= 0.3 is 0 Å². The second-order valence-corrected chi connectivity index (χ2v) is 5.05. The average molecular weight is 228 g/mol. The zero-order valence-electron chi connectivity index (χ0n) is 10.2. The lowest BCUT2D eigenvalue weighted by atomic mass is 9.93. The van der Waals surface area contributed by atoms with Crippen LogP contribution in [-0.2, 0) is 6.42 Å². The fourth-order valence-electron chi connectivity index (χ4n) is 2.75. The van der Waals surface area contributed by atoms with Crippen molar-refractivity contribution in [3.63, 3.8) is 0 Å². The zero-order chi connectivity index (χ0) is 11.7. The first-order valence-corrected chi connectivity index (χ1v) is 6.68. The highest BCUT2D eigenvalue weighted by atomic mass is 15.0. The molecule has 0 bridgehead atoms. The standard InChI is InChI=1S/C15H20N2/c16-10-3-5-12-4-1-8-15-14(12)9-11-17(15)13-6-2-7-13/h1,4,8-9,11,13H,2-3,5-7,10,16H2. The number of aryl methyl sites for hydroxylation is 1. The minimum Gasteiger partial charge on any atom is -0.344 e. The van der Waals surface area contributed by atoms with Gasteiger partial charge in [-0.2, -0.15) is 0 Å². The third-order valence-electron chi connectivity index (χ3n) is 3.97. The maximum Gasteiger partial charge on any atom is 0.0485 e. The summed E-state index contributed by atoms with van der Waals surface area (Å²) < 4.78 is 2.46. The number of nitrogens with two attached hydrogens (primary N) is 1. The summed E-state index contributed by atoms with van der Waals surface area (Å²) >= 11 is 0. The van der Waals surface area contributed by atoms with E-state index < -0.39 is 0 Å². The Morgan fingerprint density at radius 1 is 1.24 bits per heavy atom. The summed E-state index contributed by atoms with van der Waals surface area (Å²) in [7, 11) is 0. The summed E-state index contributed by atoms with van der Waals surface area (Å²) in [6, 6.07) is 9.70. The molecule has 0 unspecified atom stereocenters. The molecule has 1 saturated carbocycles. The van der Waals surface area contributed by atoms with E-state index in [1.165, 1.54) is 35.7 Å². The molecule has 1 aliphatic rings. The molecule has 1 aromatic heterocycles. The van der Waals surface area contributed by atoms with Gasteiger partial charge in [-0.1, -0.05) is 12.1 Å². The molecule has 0 aliphatic heterocycles. The molecule has 2 N–H and O–H groups in total. The average Bonchev–Trinajstić information content (AvgIpc) is 2.69. The Labute approximate surface area is 102 Å². The molecular weight excluding hydrogens is 208 g/mol. The molecule has 2 heteroatoms. The molecular formula is C15H20N2. The first-order valence-electron chi connectivity index (χ1n) is 6.68. The maximum absolute atomic E-state index is 5.60. The van der Waals surface area contributed by atoms with Crippen LogP contribution < -0.4 is 5.73 Å². The predicted molar refractivity (Wildman–Crippen MR) is 72.2 cm³/mol. The largest absolute Gasteiger partial charge is 0.344 e. The molecule has 0 radical (unpaired) electrons. The molecule has 1 aliphatic carbocycles. The normalized spacial score (nSPS) is 16.3. The molecule has 0 spiro atoms. The number of fused-ring (bicyclic) bond motifs is 1. The van der Waals surface area contributed by atoms with Gasteiger partial charge in [-0.25, -0.2) is 0 Å². The van der Waals surface area contributed by atoms with E-state index in [2.05, 4.69) is 35.0 Å². The molecule has 17 heavy (non-hydrogen) atoms. The van der Waals surface area contributed by atoms with Crippen LogP contribution in [0.1, 0.15) is 37.3 Å². The summed E-state index contributed by atoms with van der Waals surface area (Å²) in [6.45, 7) is 0.778. The molecule has 1 fully saturated rings. The number of aromatic nitrogens is 1. The highest BCUT2D eigenvalue weighted by molar-refractivity contribution is 5.83. The fraction of sp³-hybridized carbons (Fsp3) is 0.467. The van der Waals surface area contributed by atoms with Crippen LogP contribution in [0, 0.1) is 0 Å². The maximum atomic E-state index is 5.60. The van der Waals surface area contributed by atoms with Crippen molar-refractivity contribution in [3.8, 4) is 0 Å². The van der Waals surface area contributed by atoms with Crippen LogP contribution in [0.3, 0.4) is 0 Å². The molecule has 2 nitrogen and oxygen atoms in total. The van der Waals surface area contributed by atoms with Crippen molar-refractivity contribution >= 4 is 10.9 Å². The second kappa shape index (κ2) is 4.53. The molecule has 1 heterocycles. The number of hydrogen-bond donors (Lipinski definition) is 1. The summed E-state index contributed by atoms with van der Waals surface area (Å²) in [5, 5.41) is 1.42. The molecule has 2 aromatic rings. The van der Waals surface area contributed by atoms with Gasteiger partial charge in [0.05, 0.1) is 0 Å². The third kappa shape index (κ3) is 1.87. The quantitative estimate of drug-likeness (QED) is 0.855. The van der Waals surface area contributed by atoms with E-state index in [1.807, 2.05) is 0 Å². The van der Waals surface area contributed by atoms with Gasteiger partial charge in [-0.15, -0.1) is 0 Å². The van der Waals surface area contributed by atoms with E-state index in [4.69, 9.17) is 5.73 Å². The van der Waals surface area contributed by atoms with E-state index in [1.54, 1.807) is 0 Å². The Balaban J connectivity index is 1.99. The van der Waals surface area contributed by atoms with Crippen LogP contribution in [-0.4, -0.2) is 11.1 Å². The lowest BCUT2D eigenvalue weighted by Crippen LogP contribution is -2.15. The number of nitrogens with zero attached hydrogens (tertiary/aromatic N) is 1. The van der Waals surface area contributed by atoms with Gasteiger partial charge in [0.15, 0.2) is 0 Å². The lowest BCUT2D eigenvalue weighted by molar-refractivity contribution is 0.321. The van der Waals surface area contributed by atoms with Gasteiger partial charge in [0.25, 0.3) is 0 Å². The van der Waals surface area contributed by atoms with Crippen molar-refractivity contribution in [2.24, 2.45) is 5.73 Å². The van der Waals surface area contributed by atoms with Crippen LogP contribution in [0.5, 0.6) is 0 Å². The number of benzene rings is 1. The Morgan fingerprint density at radius 3 is 2.82 bits per heavy atom. The molecule has 1 aromatic carbocycles. The van der Waals surface area contributed by atoms with E-state index in [-0.39, 0.29) is 0 Å². The van der Waals surface area contributed by atoms with Crippen molar-refractivity contribution in [2.75, 3.05) is 6.54 Å².